The summed E-state index contributed by atoms with van der Waals surface area (Å²) in [5.41, 5.74) is 0. The van der Waals surface area contributed by atoms with Crippen molar-refractivity contribution >= 4 is 18.2 Å². The number of ether oxygens (including phenoxy) is 1. The summed E-state index contributed by atoms with van der Waals surface area (Å²) in [6.45, 7) is 2.18. The predicted octanol–water partition coefficient (Wildman–Crippen LogP) is 3.27. The van der Waals surface area contributed by atoms with Gasteiger partial charge >= 0.3 is 11.9 Å². The average Bonchev–Trinajstić information content (AvgIpc) is 2.46. The Balaban J connectivity index is 3.80. The first kappa shape index (κ1) is 19.4. The summed E-state index contributed by atoms with van der Waals surface area (Å²) < 4.78 is 4.79. The van der Waals surface area contributed by atoms with Gasteiger partial charge in [0.15, 0.2) is 6.10 Å². The average molecular weight is 298 g/mol. The summed E-state index contributed by atoms with van der Waals surface area (Å²) in [6.07, 6.45) is 10.4. The lowest BCUT2D eigenvalue weighted by atomic mass is 10.1. The number of rotatable bonds is 13. The molecule has 0 aromatic heterocycles. The maximum atomic E-state index is 11.2. The van der Waals surface area contributed by atoms with Crippen LogP contribution in [0.5, 0.6) is 0 Å². The molecule has 0 aliphatic carbocycles. The number of carbonyl (C=O) groups excluding carboxylic acids is 2. The van der Waals surface area contributed by atoms with Gasteiger partial charge in [-0.25, -0.2) is 9.59 Å². The maximum absolute atomic E-state index is 11.2. The summed E-state index contributed by atoms with van der Waals surface area (Å²) >= 11 is 0. The van der Waals surface area contributed by atoms with Crippen LogP contribution < -0.4 is 0 Å². The van der Waals surface area contributed by atoms with E-state index < -0.39 is 18.0 Å². The Hall–Kier alpha value is -1.65. The van der Waals surface area contributed by atoms with Crippen molar-refractivity contribution in [1.29, 1.82) is 0 Å². The Bertz CT molecular complexity index is 336. The molecule has 0 aliphatic heterocycles. The molecule has 5 nitrogen and oxygen atoms in total. The molecule has 0 saturated heterocycles. The van der Waals surface area contributed by atoms with E-state index in [1.165, 1.54) is 32.1 Å². The quantitative estimate of drug-likeness (QED) is 0.244. The van der Waals surface area contributed by atoms with Gasteiger partial charge in [-0.15, -0.1) is 0 Å². The lowest BCUT2D eigenvalue weighted by molar-refractivity contribution is -0.161. The van der Waals surface area contributed by atoms with Gasteiger partial charge in [0.25, 0.3) is 0 Å². The highest BCUT2D eigenvalue weighted by molar-refractivity contribution is 5.88. The number of carbonyl (C=O) groups is 3. The largest absolute Gasteiger partial charge is 0.479 e. The minimum absolute atomic E-state index is 0.310. The van der Waals surface area contributed by atoms with Crippen molar-refractivity contribution in [3.8, 4) is 0 Å². The zero-order valence-electron chi connectivity index (χ0n) is 12.8. The van der Waals surface area contributed by atoms with E-state index >= 15 is 0 Å². The van der Waals surface area contributed by atoms with Gasteiger partial charge in [-0.05, 0) is 18.9 Å². The van der Waals surface area contributed by atoms with Crippen LogP contribution in [0.25, 0.3) is 0 Å². The lowest BCUT2D eigenvalue weighted by Crippen LogP contribution is -2.26. The Labute approximate surface area is 126 Å². The maximum Gasteiger partial charge on any atom is 0.345 e. The second kappa shape index (κ2) is 13.3. The van der Waals surface area contributed by atoms with Gasteiger partial charge < -0.3 is 9.84 Å². The van der Waals surface area contributed by atoms with Crippen molar-refractivity contribution in [1.82, 2.24) is 0 Å². The molecule has 120 valence electrons. The van der Waals surface area contributed by atoms with E-state index in [4.69, 9.17) is 9.84 Å². The zero-order valence-corrected chi connectivity index (χ0v) is 12.8. The van der Waals surface area contributed by atoms with Crippen molar-refractivity contribution in [3.05, 3.63) is 12.2 Å². The number of aldehydes is 1. The summed E-state index contributed by atoms with van der Waals surface area (Å²) in [5, 5.41) is 8.98. The number of aliphatic carboxylic acids is 1. The lowest BCUT2D eigenvalue weighted by Gasteiger charge is -2.12. The Morgan fingerprint density at radius 1 is 1.05 bits per heavy atom. The van der Waals surface area contributed by atoms with E-state index in [-0.39, 0.29) is 0 Å². The first-order chi connectivity index (χ1) is 10.1. The molecular weight excluding hydrogens is 272 g/mol. The molecule has 0 fully saturated rings. The first-order valence-electron chi connectivity index (χ1n) is 7.67. The van der Waals surface area contributed by atoms with Gasteiger partial charge in [-0.3, -0.25) is 4.79 Å². The van der Waals surface area contributed by atoms with Gasteiger partial charge in [-0.2, -0.15) is 0 Å². The summed E-state index contributed by atoms with van der Waals surface area (Å²) in [6, 6.07) is 0. The van der Waals surface area contributed by atoms with Gasteiger partial charge in [0, 0.05) is 6.08 Å². The van der Waals surface area contributed by atoms with E-state index in [0.717, 1.165) is 31.4 Å². The van der Waals surface area contributed by atoms with Crippen molar-refractivity contribution in [3.63, 3.8) is 0 Å². The van der Waals surface area contributed by atoms with E-state index in [1.54, 1.807) is 0 Å². The first-order valence-corrected chi connectivity index (χ1v) is 7.67. The van der Waals surface area contributed by atoms with Crippen LogP contribution in [-0.2, 0) is 19.1 Å². The van der Waals surface area contributed by atoms with Crippen LogP contribution in [0.2, 0.25) is 0 Å². The molecule has 5 heteroatoms. The van der Waals surface area contributed by atoms with Crippen LogP contribution in [0.3, 0.4) is 0 Å². The normalized spacial score (nSPS) is 12.2. The molecule has 0 saturated carbocycles. The Kier molecular flexibility index (Phi) is 12.3. The van der Waals surface area contributed by atoms with Crippen molar-refractivity contribution in [2.24, 2.45) is 0 Å². The molecule has 0 aromatic carbocycles. The number of carboxylic acid groups (broad SMARTS) is 1. The molecule has 0 bridgehead atoms. The fourth-order valence-electron chi connectivity index (χ4n) is 1.99. The number of unbranched alkanes of at least 4 members (excludes halogenated alkanes) is 7. The highest BCUT2D eigenvalue weighted by atomic mass is 16.6. The molecule has 0 rings (SSSR count). The van der Waals surface area contributed by atoms with Gasteiger partial charge in [0.1, 0.15) is 6.29 Å². The zero-order chi connectivity index (χ0) is 15.9. The molecule has 0 radical (unpaired) electrons. The smallest absolute Gasteiger partial charge is 0.345 e. The number of esters is 1. The van der Waals surface area contributed by atoms with Crippen molar-refractivity contribution in [2.45, 2.75) is 70.8 Å². The molecule has 1 atom stereocenters. The highest BCUT2D eigenvalue weighted by Gasteiger charge is 2.20. The third kappa shape index (κ3) is 11.8. The van der Waals surface area contributed by atoms with Crippen molar-refractivity contribution in [2.75, 3.05) is 0 Å². The fraction of sp³-hybridized carbons (Fsp3) is 0.688. The van der Waals surface area contributed by atoms with Gasteiger partial charge in [0.2, 0.25) is 0 Å². The number of carboxylic acids is 1. The predicted molar refractivity (Wildman–Crippen MR) is 79.9 cm³/mol. The molecule has 1 unspecified atom stereocenters. The third-order valence-electron chi connectivity index (χ3n) is 3.16. The fourth-order valence-corrected chi connectivity index (χ4v) is 1.99. The number of hydrogen-bond acceptors (Lipinski definition) is 4. The van der Waals surface area contributed by atoms with Gasteiger partial charge in [-0.1, -0.05) is 51.9 Å². The summed E-state index contributed by atoms with van der Waals surface area (Å²) in [5.74, 6) is -1.94. The molecule has 0 aliphatic rings. The van der Waals surface area contributed by atoms with Crippen molar-refractivity contribution < 1.29 is 24.2 Å². The van der Waals surface area contributed by atoms with Gasteiger partial charge in [0.05, 0.1) is 0 Å². The minimum atomic E-state index is -1.15. The van der Waals surface area contributed by atoms with Crippen LogP contribution in [0, 0.1) is 0 Å². The topological polar surface area (TPSA) is 80.7 Å². The van der Waals surface area contributed by atoms with E-state index in [9.17, 15) is 14.4 Å². The van der Waals surface area contributed by atoms with Crippen LogP contribution in [-0.4, -0.2) is 29.4 Å². The molecule has 0 heterocycles. The monoisotopic (exact) mass is 298 g/mol. The van der Waals surface area contributed by atoms with Crippen LogP contribution in [0.15, 0.2) is 12.2 Å². The Morgan fingerprint density at radius 2 is 1.62 bits per heavy atom. The van der Waals surface area contributed by atoms with E-state index in [0.29, 0.717) is 12.7 Å². The molecule has 21 heavy (non-hydrogen) atoms. The second-order valence-electron chi connectivity index (χ2n) is 5.02. The van der Waals surface area contributed by atoms with Crippen LogP contribution in [0.4, 0.5) is 0 Å². The molecule has 0 aromatic rings. The van der Waals surface area contributed by atoms with E-state index in [1.807, 2.05) is 0 Å². The van der Waals surface area contributed by atoms with E-state index in [2.05, 4.69) is 6.92 Å². The van der Waals surface area contributed by atoms with Crippen LogP contribution >= 0.6 is 0 Å². The highest BCUT2D eigenvalue weighted by Crippen LogP contribution is 2.12. The van der Waals surface area contributed by atoms with Crippen LogP contribution in [0.1, 0.15) is 64.7 Å². The standard InChI is InChI=1S/C16H26O5/c1-2-3-4-5-6-7-8-9-11-14(16(19)20)21-15(18)12-10-13-17/h10,12-14H,2-9,11H2,1H3,(H,19,20)/b12-10-. The molecule has 1 N–H and O–H groups in total. The Morgan fingerprint density at radius 3 is 2.14 bits per heavy atom. The third-order valence-corrected chi connectivity index (χ3v) is 3.16. The second-order valence-corrected chi connectivity index (χ2v) is 5.02. The molecule has 0 spiro atoms. The summed E-state index contributed by atoms with van der Waals surface area (Å²) in [7, 11) is 0. The number of hydrogen-bond donors (Lipinski definition) is 1. The molecular formula is C16H26O5. The minimum Gasteiger partial charge on any atom is -0.479 e. The number of allylic oxidation sites excluding steroid dienone is 1. The SMILES string of the molecule is CCCCCCCCCCC(OC(=O)/C=C\C=O)C(=O)O. The summed E-state index contributed by atoms with van der Waals surface area (Å²) in [4.78, 5) is 32.3. The molecule has 0 amide bonds.